The average molecular weight is 334 g/mol. The maximum absolute atomic E-state index is 12.0. The number of aliphatic hydroxyl groups excluding tert-OH is 1. The Morgan fingerprint density at radius 3 is 2.71 bits per heavy atom. The summed E-state index contributed by atoms with van der Waals surface area (Å²) in [6.45, 7) is 0.405. The van der Waals surface area contributed by atoms with Crippen LogP contribution in [0.3, 0.4) is 0 Å². The molecule has 2 amide bonds. The van der Waals surface area contributed by atoms with Crippen LogP contribution in [-0.4, -0.2) is 42.7 Å². The fourth-order valence-electron chi connectivity index (χ4n) is 2.06. The largest absolute Gasteiger partial charge is 0.392 e. The van der Waals surface area contributed by atoms with Gasteiger partial charge in [0, 0.05) is 19.3 Å². The Hall–Kier alpha value is -1.34. The molecule has 6 nitrogen and oxygen atoms in total. The zero-order valence-electron chi connectivity index (χ0n) is 11.4. The van der Waals surface area contributed by atoms with Gasteiger partial charge in [0.1, 0.15) is 0 Å². The van der Waals surface area contributed by atoms with Crippen LogP contribution < -0.4 is 16.0 Å². The van der Waals surface area contributed by atoms with Gasteiger partial charge >= 0.3 is 0 Å². The molecule has 116 valence electrons. The lowest BCUT2D eigenvalue weighted by atomic mass is 10.1. The number of halogens is 2. The summed E-state index contributed by atoms with van der Waals surface area (Å²) in [5.74, 6) is -0.563. The lowest BCUT2D eigenvalue weighted by Gasteiger charge is -2.12. The first-order chi connectivity index (χ1) is 9.51. The second kappa shape index (κ2) is 7.61. The summed E-state index contributed by atoms with van der Waals surface area (Å²) in [6, 6.07) is 4.27. The first-order valence-corrected chi connectivity index (χ1v) is 6.63. The zero-order valence-corrected chi connectivity index (χ0v) is 12.9. The van der Waals surface area contributed by atoms with Crippen molar-refractivity contribution in [3.63, 3.8) is 0 Å². The predicted molar refractivity (Wildman–Crippen MR) is 83.1 cm³/mol. The Kier molecular flexibility index (Phi) is 6.42. The number of amides is 2. The van der Waals surface area contributed by atoms with Crippen LogP contribution in [0.2, 0.25) is 5.02 Å². The molecular formula is C13H17Cl2N3O3. The summed E-state index contributed by atoms with van der Waals surface area (Å²) in [6.07, 6.45) is -0.126. The number of hydrogen-bond donors (Lipinski definition) is 4. The van der Waals surface area contributed by atoms with E-state index in [0.29, 0.717) is 29.2 Å². The van der Waals surface area contributed by atoms with Gasteiger partial charge in [-0.05, 0) is 24.6 Å². The number of nitrogens with one attached hydrogen (secondary N) is 3. The lowest BCUT2D eigenvalue weighted by molar-refractivity contribution is -0.117. The van der Waals surface area contributed by atoms with Crippen molar-refractivity contribution in [2.45, 2.75) is 18.6 Å². The van der Waals surface area contributed by atoms with Gasteiger partial charge in [0.25, 0.3) is 5.91 Å². The Bertz CT molecular complexity index is 539. The van der Waals surface area contributed by atoms with Gasteiger partial charge in [-0.3, -0.25) is 9.59 Å². The van der Waals surface area contributed by atoms with Crippen LogP contribution in [0.5, 0.6) is 0 Å². The van der Waals surface area contributed by atoms with Crippen LogP contribution in [0.15, 0.2) is 18.2 Å². The SMILES string of the molecule is CNC(=O)c1cc(NC(=O)C2CC(O)CN2)ccc1Cl.Cl. The standard InChI is InChI=1S/C13H16ClN3O3.ClH/c1-15-12(19)9-4-7(2-3-10(9)14)17-13(20)11-5-8(18)6-16-11;/h2-4,8,11,16,18H,5-6H2,1H3,(H,15,19)(H,17,20);1H. The normalized spacial score (nSPS) is 20.5. The van der Waals surface area contributed by atoms with Crippen LogP contribution >= 0.6 is 24.0 Å². The van der Waals surface area contributed by atoms with E-state index in [1.165, 1.54) is 13.1 Å². The van der Waals surface area contributed by atoms with E-state index in [2.05, 4.69) is 16.0 Å². The van der Waals surface area contributed by atoms with Crippen molar-refractivity contribution in [2.24, 2.45) is 0 Å². The number of aliphatic hydroxyl groups is 1. The molecular weight excluding hydrogens is 317 g/mol. The number of carbonyl (C=O) groups excluding carboxylic acids is 2. The van der Waals surface area contributed by atoms with Crippen LogP contribution in [0.25, 0.3) is 0 Å². The molecule has 0 radical (unpaired) electrons. The molecule has 0 saturated carbocycles. The van der Waals surface area contributed by atoms with Crippen LogP contribution in [0.4, 0.5) is 5.69 Å². The summed E-state index contributed by atoms with van der Waals surface area (Å²) in [4.78, 5) is 23.6. The van der Waals surface area contributed by atoms with Crippen molar-refractivity contribution < 1.29 is 14.7 Å². The average Bonchev–Trinajstić information content (AvgIpc) is 2.87. The summed E-state index contributed by atoms with van der Waals surface area (Å²) in [7, 11) is 1.51. The second-order valence-electron chi connectivity index (χ2n) is 4.61. The smallest absolute Gasteiger partial charge is 0.252 e. The topological polar surface area (TPSA) is 90.5 Å². The monoisotopic (exact) mass is 333 g/mol. The summed E-state index contributed by atoms with van der Waals surface area (Å²) < 4.78 is 0. The Morgan fingerprint density at radius 2 is 2.14 bits per heavy atom. The van der Waals surface area contributed by atoms with E-state index < -0.39 is 12.1 Å². The van der Waals surface area contributed by atoms with E-state index in [1.54, 1.807) is 12.1 Å². The quantitative estimate of drug-likeness (QED) is 0.658. The van der Waals surface area contributed by atoms with Gasteiger partial charge in [-0.1, -0.05) is 11.6 Å². The molecule has 2 unspecified atom stereocenters. The molecule has 1 aromatic carbocycles. The molecule has 0 aromatic heterocycles. The van der Waals surface area contributed by atoms with Crippen LogP contribution in [0.1, 0.15) is 16.8 Å². The van der Waals surface area contributed by atoms with Gasteiger partial charge in [-0.25, -0.2) is 0 Å². The first-order valence-electron chi connectivity index (χ1n) is 6.25. The molecule has 2 atom stereocenters. The van der Waals surface area contributed by atoms with Gasteiger partial charge in [-0.2, -0.15) is 0 Å². The highest BCUT2D eigenvalue weighted by atomic mass is 35.5. The molecule has 1 aromatic rings. The molecule has 0 bridgehead atoms. The van der Waals surface area contributed by atoms with Gasteiger partial charge in [0.2, 0.25) is 5.91 Å². The highest BCUT2D eigenvalue weighted by Gasteiger charge is 2.28. The van der Waals surface area contributed by atoms with Crippen molar-refractivity contribution in [2.75, 3.05) is 18.9 Å². The predicted octanol–water partition coefficient (Wildman–Crippen LogP) is 0.783. The molecule has 0 spiro atoms. The van der Waals surface area contributed by atoms with E-state index in [4.69, 9.17) is 11.6 Å². The summed E-state index contributed by atoms with van der Waals surface area (Å²) in [5, 5.41) is 17.8. The molecule has 21 heavy (non-hydrogen) atoms. The van der Waals surface area contributed by atoms with E-state index >= 15 is 0 Å². The maximum Gasteiger partial charge on any atom is 0.252 e. The zero-order chi connectivity index (χ0) is 14.7. The van der Waals surface area contributed by atoms with E-state index in [9.17, 15) is 14.7 Å². The van der Waals surface area contributed by atoms with E-state index in [0.717, 1.165) is 0 Å². The number of hydrogen-bond acceptors (Lipinski definition) is 4. The minimum atomic E-state index is -0.502. The molecule has 1 aliphatic heterocycles. The molecule has 1 saturated heterocycles. The molecule has 0 aliphatic carbocycles. The van der Waals surface area contributed by atoms with Crippen molar-refractivity contribution in [3.05, 3.63) is 28.8 Å². The number of β-amino-alcohol motifs (C(OH)–C–C–N with tert-alkyl or cyclic N) is 1. The molecule has 1 fully saturated rings. The number of carbonyl (C=O) groups is 2. The highest BCUT2D eigenvalue weighted by molar-refractivity contribution is 6.34. The van der Waals surface area contributed by atoms with Gasteiger partial charge in [0.05, 0.1) is 22.7 Å². The third kappa shape index (κ3) is 4.31. The van der Waals surface area contributed by atoms with Gasteiger partial charge in [-0.15, -0.1) is 12.4 Å². The maximum atomic E-state index is 12.0. The van der Waals surface area contributed by atoms with Crippen LogP contribution in [0, 0.1) is 0 Å². The van der Waals surface area contributed by atoms with Crippen LogP contribution in [-0.2, 0) is 4.79 Å². The van der Waals surface area contributed by atoms with Crippen molar-refractivity contribution in [3.8, 4) is 0 Å². The fourth-order valence-corrected chi connectivity index (χ4v) is 2.26. The number of rotatable bonds is 3. The number of anilines is 1. The fraction of sp³-hybridized carbons (Fsp3) is 0.385. The van der Waals surface area contributed by atoms with Crippen molar-refractivity contribution in [1.82, 2.24) is 10.6 Å². The molecule has 4 N–H and O–H groups in total. The van der Waals surface area contributed by atoms with E-state index in [-0.39, 0.29) is 24.2 Å². The molecule has 8 heteroatoms. The van der Waals surface area contributed by atoms with Gasteiger partial charge < -0.3 is 21.1 Å². The molecule has 1 aliphatic rings. The third-order valence-corrected chi connectivity index (χ3v) is 3.46. The number of benzene rings is 1. The second-order valence-corrected chi connectivity index (χ2v) is 5.02. The molecule has 1 heterocycles. The third-order valence-electron chi connectivity index (χ3n) is 3.13. The molecule has 2 rings (SSSR count). The minimum absolute atomic E-state index is 0. The minimum Gasteiger partial charge on any atom is -0.392 e. The first kappa shape index (κ1) is 17.7. The summed E-state index contributed by atoms with van der Waals surface area (Å²) in [5.41, 5.74) is 0.785. The Morgan fingerprint density at radius 1 is 1.43 bits per heavy atom. The van der Waals surface area contributed by atoms with Gasteiger partial charge in [0.15, 0.2) is 0 Å². The lowest BCUT2D eigenvalue weighted by Crippen LogP contribution is -2.35. The highest BCUT2D eigenvalue weighted by Crippen LogP contribution is 2.21. The Labute approximate surface area is 133 Å². The summed E-state index contributed by atoms with van der Waals surface area (Å²) >= 11 is 5.93. The van der Waals surface area contributed by atoms with Crippen molar-refractivity contribution in [1.29, 1.82) is 0 Å². The van der Waals surface area contributed by atoms with Crippen molar-refractivity contribution >= 4 is 41.5 Å². The Balaban J connectivity index is 0.00000220. The van der Waals surface area contributed by atoms with E-state index in [1.807, 2.05) is 0 Å².